The summed E-state index contributed by atoms with van der Waals surface area (Å²) in [6, 6.07) is 12.1. The predicted octanol–water partition coefficient (Wildman–Crippen LogP) is 5.83. The summed E-state index contributed by atoms with van der Waals surface area (Å²) in [5.74, 6) is -0.866. The fourth-order valence-corrected chi connectivity index (χ4v) is 6.29. The highest BCUT2D eigenvalue weighted by molar-refractivity contribution is 6.33. The van der Waals surface area contributed by atoms with Gasteiger partial charge in [-0.1, -0.05) is 54.4 Å². The van der Waals surface area contributed by atoms with E-state index in [4.69, 9.17) is 11.6 Å². The van der Waals surface area contributed by atoms with Crippen LogP contribution in [0.15, 0.2) is 48.5 Å². The van der Waals surface area contributed by atoms with Crippen LogP contribution < -0.4 is 0 Å². The average Bonchev–Trinajstić information content (AvgIpc) is 2.86. The first-order valence-electron chi connectivity index (χ1n) is 13.0. The predicted molar refractivity (Wildman–Crippen MR) is 140 cm³/mol. The third-order valence-electron chi connectivity index (χ3n) is 8.21. The van der Waals surface area contributed by atoms with Gasteiger partial charge in [0.15, 0.2) is 0 Å². The Balaban J connectivity index is 1.26. The van der Waals surface area contributed by atoms with E-state index in [1.54, 1.807) is 26.2 Å². The SMILES string of the molecule is CN(C)C(=O)c1ccc(CCCC2CC3(CCN(C(=O)[C@](O)(c4ccccc4)C(F)(F)F)CC3)C2)cc1Cl. The van der Waals surface area contributed by atoms with Crippen LogP contribution >= 0.6 is 11.6 Å². The van der Waals surface area contributed by atoms with Crippen LogP contribution in [0.5, 0.6) is 0 Å². The molecule has 4 rings (SSSR count). The molecule has 0 aromatic heterocycles. The molecule has 2 aromatic rings. The molecule has 0 radical (unpaired) electrons. The molecule has 0 unspecified atom stereocenters. The number of hydrogen-bond acceptors (Lipinski definition) is 3. The molecule has 1 spiro atoms. The van der Waals surface area contributed by atoms with Crippen molar-refractivity contribution in [3.05, 3.63) is 70.2 Å². The number of likely N-dealkylation sites (tertiary alicyclic amines) is 1. The number of rotatable bonds is 7. The Morgan fingerprint density at radius 3 is 2.26 bits per heavy atom. The van der Waals surface area contributed by atoms with Crippen molar-refractivity contribution < 1.29 is 27.9 Å². The Kier molecular flexibility index (Phi) is 8.15. The quantitative estimate of drug-likeness (QED) is 0.471. The third-order valence-corrected chi connectivity index (χ3v) is 8.53. The highest BCUT2D eigenvalue weighted by Gasteiger charge is 2.62. The monoisotopic (exact) mass is 550 g/mol. The van der Waals surface area contributed by atoms with Crippen LogP contribution in [0.2, 0.25) is 5.02 Å². The second-order valence-corrected chi connectivity index (χ2v) is 11.5. The molecule has 1 heterocycles. The van der Waals surface area contributed by atoms with Gasteiger partial charge in [-0.25, -0.2) is 0 Å². The number of aliphatic hydroxyl groups is 1. The minimum atomic E-state index is -5.12. The van der Waals surface area contributed by atoms with Gasteiger partial charge in [0.05, 0.1) is 10.6 Å². The molecule has 1 aliphatic heterocycles. The number of carbonyl (C=O) groups is 2. The molecule has 9 heteroatoms. The Morgan fingerprint density at radius 1 is 1.08 bits per heavy atom. The van der Waals surface area contributed by atoms with Crippen molar-refractivity contribution in [2.75, 3.05) is 27.2 Å². The molecule has 2 fully saturated rings. The zero-order valence-electron chi connectivity index (χ0n) is 21.7. The number of hydrogen-bond donors (Lipinski definition) is 1. The van der Waals surface area contributed by atoms with Crippen LogP contribution in [0.4, 0.5) is 13.2 Å². The van der Waals surface area contributed by atoms with E-state index >= 15 is 0 Å². The van der Waals surface area contributed by atoms with Crippen LogP contribution in [-0.4, -0.2) is 60.1 Å². The van der Waals surface area contributed by atoms with Crippen molar-refractivity contribution in [3.8, 4) is 0 Å². The van der Waals surface area contributed by atoms with Crippen molar-refractivity contribution in [1.82, 2.24) is 9.80 Å². The van der Waals surface area contributed by atoms with Gasteiger partial charge < -0.3 is 14.9 Å². The first-order valence-corrected chi connectivity index (χ1v) is 13.4. The molecule has 1 saturated heterocycles. The molecule has 1 N–H and O–H groups in total. The van der Waals surface area contributed by atoms with Crippen LogP contribution in [0.3, 0.4) is 0 Å². The largest absolute Gasteiger partial charge is 0.430 e. The van der Waals surface area contributed by atoms with E-state index in [0.717, 1.165) is 49.8 Å². The highest BCUT2D eigenvalue weighted by atomic mass is 35.5. The number of amides is 2. The summed E-state index contributed by atoms with van der Waals surface area (Å²) in [7, 11) is 3.37. The van der Waals surface area contributed by atoms with E-state index in [1.807, 2.05) is 12.1 Å². The first-order chi connectivity index (χ1) is 17.9. The zero-order valence-corrected chi connectivity index (χ0v) is 22.5. The van der Waals surface area contributed by atoms with Crippen LogP contribution in [0.1, 0.15) is 60.0 Å². The van der Waals surface area contributed by atoms with Crippen molar-refractivity contribution in [2.24, 2.45) is 11.3 Å². The minimum absolute atomic E-state index is 0.0715. The topological polar surface area (TPSA) is 60.9 Å². The third kappa shape index (κ3) is 5.57. The molecule has 206 valence electrons. The molecule has 2 amide bonds. The maximum Gasteiger partial charge on any atom is 0.430 e. The molecule has 1 atom stereocenters. The number of aryl methyl sites for hydroxylation is 1. The fourth-order valence-electron chi connectivity index (χ4n) is 6.00. The van der Waals surface area contributed by atoms with Crippen molar-refractivity contribution in [3.63, 3.8) is 0 Å². The number of alkyl halides is 3. The zero-order chi connectivity index (χ0) is 27.7. The van der Waals surface area contributed by atoms with E-state index in [0.29, 0.717) is 29.3 Å². The second kappa shape index (κ2) is 10.9. The average molecular weight is 551 g/mol. The van der Waals surface area contributed by atoms with Crippen molar-refractivity contribution >= 4 is 23.4 Å². The van der Waals surface area contributed by atoms with Gasteiger partial charge in [-0.2, -0.15) is 13.2 Å². The molecule has 0 bridgehead atoms. The van der Waals surface area contributed by atoms with Gasteiger partial charge in [0.1, 0.15) is 0 Å². The van der Waals surface area contributed by atoms with Crippen LogP contribution in [0.25, 0.3) is 0 Å². The van der Waals surface area contributed by atoms with Gasteiger partial charge in [-0.05, 0) is 67.6 Å². The summed E-state index contributed by atoms with van der Waals surface area (Å²) >= 11 is 6.31. The van der Waals surface area contributed by atoms with Gasteiger partial charge in [-0.3, -0.25) is 9.59 Å². The van der Waals surface area contributed by atoms with E-state index in [2.05, 4.69) is 0 Å². The lowest BCUT2D eigenvalue weighted by molar-refractivity contribution is -0.262. The van der Waals surface area contributed by atoms with Crippen LogP contribution in [0, 0.1) is 11.3 Å². The van der Waals surface area contributed by atoms with Gasteiger partial charge in [0, 0.05) is 32.7 Å². The van der Waals surface area contributed by atoms with Crippen LogP contribution in [-0.2, 0) is 16.8 Å². The summed E-state index contributed by atoms with van der Waals surface area (Å²) in [4.78, 5) is 27.8. The highest BCUT2D eigenvalue weighted by Crippen LogP contribution is 2.54. The summed E-state index contributed by atoms with van der Waals surface area (Å²) in [5, 5.41) is 11.1. The fraction of sp³-hybridized carbons (Fsp3) is 0.517. The van der Waals surface area contributed by atoms with E-state index in [9.17, 15) is 27.9 Å². The minimum Gasteiger partial charge on any atom is -0.369 e. The smallest absolute Gasteiger partial charge is 0.369 e. The molecule has 5 nitrogen and oxygen atoms in total. The standard InChI is InChI=1S/C29H34ClF3N2O3/c1-34(2)25(36)23-12-11-20(17-24(23)30)7-6-8-21-18-27(19-21)13-15-35(16-14-27)26(37)28(38,29(31,32)33)22-9-4-3-5-10-22/h3-5,9-12,17,21,38H,6-8,13-16,18-19H2,1-2H3/t28-/m1/s1. The lowest BCUT2D eigenvalue weighted by Gasteiger charge is -2.53. The second-order valence-electron chi connectivity index (χ2n) is 11.0. The maximum atomic E-state index is 13.9. The first kappa shape index (κ1) is 28.4. The molecule has 1 aliphatic carbocycles. The Hall–Kier alpha value is -2.58. The Labute approximate surface area is 226 Å². The summed E-state index contributed by atoms with van der Waals surface area (Å²) in [6.45, 7) is 0.431. The summed E-state index contributed by atoms with van der Waals surface area (Å²) < 4.78 is 41.7. The normalized spacial score (nSPS) is 19.1. The number of benzene rings is 2. The van der Waals surface area contributed by atoms with Gasteiger partial charge in [0.25, 0.3) is 17.4 Å². The van der Waals surface area contributed by atoms with E-state index in [-0.39, 0.29) is 24.4 Å². The molecule has 1 saturated carbocycles. The van der Waals surface area contributed by atoms with Gasteiger partial charge in [0.2, 0.25) is 0 Å². The summed E-state index contributed by atoms with van der Waals surface area (Å²) in [5.41, 5.74) is -2.35. The Bertz CT molecular complexity index is 1160. The molecular formula is C29H34ClF3N2O3. The van der Waals surface area contributed by atoms with Gasteiger partial charge >= 0.3 is 6.18 Å². The lowest BCUT2D eigenvalue weighted by Crippen LogP contribution is -2.58. The van der Waals surface area contributed by atoms with Gasteiger partial charge in [-0.15, -0.1) is 0 Å². The number of piperidine rings is 1. The number of carbonyl (C=O) groups excluding carboxylic acids is 2. The summed E-state index contributed by atoms with van der Waals surface area (Å²) in [6.07, 6.45) is 1.08. The number of halogens is 4. The molecule has 38 heavy (non-hydrogen) atoms. The van der Waals surface area contributed by atoms with E-state index in [1.165, 1.54) is 21.9 Å². The van der Waals surface area contributed by atoms with Crippen molar-refractivity contribution in [1.29, 1.82) is 0 Å². The number of nitrogens with zero attached hydrogens (tertiary/aromatic N) is 2. The lowest BCUT2D eigenvalue weighted by atomic mass is 9.56. The molecular weight excluding hydrogens is 517 g/mol. The Morgan fingerprint density at radius 2 is 1.71 bits per heavy atom. The molecule has 2 aromatic carbocycles. The molecule has 2 aliphatic rings. The maximum absolute atomic E-state index is 13.9. The van der Waals surface area contributed by atoms with Crippen molar-refractivity contribution in [2.45, 2.75) is 56.7 Å². The van der Waals surface area contributed by atoms with E-state index < -0.39 is 23.2 Å².